The van der Waals surface area contributed by atoms with Crippen LogP contribution in [0.4, 0.5) is 13.2 Å². The molecule has 8 heteroatoms. The molecule has 1 amide bonds. The van der Waals surface area contributed by atoms with E-state index in [-0.39, 0.29) is 18.9 Å². The SMILES string of the molecule is Cc1cc(C(=O)NC[C@@H](O)COc2cccc(C(F)(F)F)c2)c(C)o1. The largest absolute Gasteiger partial charge is 0.491 e. The second-order valence-electron chi connectivity index (χ2n) is 5.53. The van der Waals surface area contributed by atoms with E-state index in [1.54, 1.807) is 19.9 Å². The van der Waals surface area contributed by atoms with Crippen LogP contribution < -0.4 is 10.1 Å². The van der Waals surface area contributed by atoms with Gasteiger partial charge in [0, 0.05) is 6.54 Å². The van der Waals surface area contributed by atoms with E-state index in [2.05, 4.69) is 5.32 Å². The number of nitrogens with one attached hydrogen (secondary N) is 1. The lowest BCUT2D eigenvalue weighted by Gasteiger charge is -2.14. The zero-order valence-corrected chi connectivity index (χ0v) is 13.7. The van der Waals surface area contributed by atoms with Gasteiger partial charge in [-0.25, -0.2) is 0 Å². The maximum Gasteiger partial charge on any atom is 0.416 e. The summed E-state index contributed by atoms with van der Waals surface area (Å²) in [5.74, 6) is 0.634. The Morgan fingerprint density at radius 2 is 2.04 bits per heavy atom. The van der Waals surface area contributed by atoms with Crippen LogP contribution in [0.15, 0.2) is 34.7 Å². The summed E-state index contributed by atoms with van der Waals surface area (Å²) in [4.78, 5) is 12.0. The number of ether oxygens (including phenoxy) is 1. The minimum absolute atomic E-state index is 0.0125. The molecule has 0 spiro atoms. The van der Waals surface area contributed by atoms with Crippen LogP contribution in [0.3, 0.4) is 0 Å². The molecule has 5 nitrogen and oxygen atoms in total. The molecule has 1 heterocycles. The zero-order valence-electron chi connectivity index (χ0n) is 13.7. The number of hydrogen-bond donors (Lipinski definition) is 2. The third-order valence-corrected chi connectivity index (χ3v) is 3.39. The molecule has 0 aliphatic carbocycles. The van der Waals surface area contributed by atoms with Gasteiger partial charge in [-0.1, -0.05) is 6.07 Å². The molecular formula is C17H18F3NO4. The van der Waals surface area contributed by atoms with Crippen LogP contribution >= 0.6 is 0 Å². The summed E-state index contributed by atoms with van der Waals surface area (Å²) in [5.41, 5.74) is -0.470. The number of halogens is 3. The minimum Gasteiger partial charge on any atom is -0.491 e. The van der Waals surface area contributed by atoms with Crippen LogP contribution in [-0.2, 0) is 6.18 Å². The first-order valence-electron chi connectivity index (χ1n) is 7.50. The maximum atomic E-state index is 12.6. The van der Waals surface area contributed by atoms with Crippen molar-refractivity contribution >= 4 is 5.91 Å². The fourth-order valence-corrected chi connectivity index (χ4v) is 2.18. The van der Waals surface area contributed by atoms with Crippen molar-refractivity contribution in [2.45, 2.75) is 26.1 Å². The van der Waals surface area contributed by atoms with Crippen molar-refractivity contribution in [2.75, 3.05) is 13.2 Å². The molecule has 1 aromatic carbocycles. The van der Waals surface area contributed by atoms with Crippen LogP contribution in [0.1, 0.15) is 27.4 Å². The molecule has 0 aliphatic rings. The van der Waals surface area contributed by atoms with Crippen molar-refractivity contribution in [2.24, 2.45) is 0 Å². The molecule has 0 saturated heterocycles. The number of hydrogen-bond acceptors (Lipinski definition) is 4. The van der Waals surface area contributed by atoms with Gasteiger partial charge in [-0.2, -0.15) is 13.2 Å². The van der Waals surface area contributed by atoms with E-state index < -0.39 is 23.8 Å². The Kier molecular flexibility index (Phi) is 5.73. The first-order chi connectivity index (χ1) is 11.7. The van der Waals surface area contributed by atoms with E-state index in [4.69, 9.17) is 9.15 Å². The molecule has 0 aliphatic heterocycles. The van der Waals surface area contributed by atoms with Crippen molar-refractivity contribution in [1.29, 1.82) is 0 Å². The lowest BCUT2D eigenvalue weighted by molar-refractivity contribution is -0.137. The average molecular weight is 357 g/mol. The molecule has 2 rings (SSSR count). The zero-order chi connectivity index (χ0) is 18.6. The first-order valence-corrected chi connectivity index (χ1v) is 7.50. The van der Waals surface area contributed by atoms with Crippen LogP contribution in [0.25, 0.3) is 0 Å². The van der Waals surface area contributed by atoms with Crippen LogP contribution in [0, 0.1) is 13.8 Å². The number of benzene rings is 1. The molecule has 1 atom stereocenters. The number of furan rings is 1. The normalized spacial score (nSPS) is 12.7. The summed E-state index contributed by atoms with van der Waals surface area (Å²) in [6, 6.07) is 5.94. The predicted molar refractivity (Wildman–Crippen MR) is 83.5 cm³/mol. The Morgan fingerprint density at radius 3 is 2.64 bits per heavy atom. The highest BCUT2D eigenvalue weighted by molar-refractivity contribution is 5.95. The molecule has 136 valence electrons. The Labute approximate surface area is 142 Å². The van der Waals surface area contributed by atoms with Gasteiger partial charge < -0.3 is 19.6 Å². The lowest BCUT2D eigenvalue weighted by Crippen LogP contribution is -2.35. The molecular weight excluding hydrogens is 339 g/mol. The maximum absolute atomic E-state index is 12.6. The van der Waals surface area contributed by atoms with Crippen LogP contribution in [0.5, 0.6) is 5.75 Å². The molecule has 0 unspecified atom stereocenters. The Morgan fingerprint density at radius 1 is 1.32 bits per heavy atom. The molecule has 1 aromatic heterocycles. The molecule has 0 fully saturated rings. The van der Waals surface area contributed by atoms with Gasteiger partial charge in [0.1, 0.15) is 30.0 Å². The summed E-state index contributed by atoms with van der Waals surface area (Å²) in [6.07, 6.45) is -5.54. The topological polar surface area (TPSA) is 71.7 Å². The van der Waals surface area contributed by atoms with Crippen LogP contribution in [-0.4, -0.2) is 30.3 Å². The summed E-state index contributed by atoms with van der Waals surface area (Å²) < 4.78 is 48.2. The number of aliphatic hydroxyl groups excluding tert-OH is 1. The summed E-state index contributed by atoms with van der Waals surface area (Å²) in [7, 11) is 0. The lowest BCUT2D eigenvalue weighted by atomic mass is 10.2. The van der Waals surface area contributed by atoms with Gasteiger partial charge in [-0.05, 0) is 38.1 Å². The molecule has 25 heavy (non-hydrogen) atoms. The van der Waals surface area contributed by atoms with Gasteiger partial charge in [0.05, 0.1) is 11.1 Å². The molecule has 2 N–H and O–H groups in total. The molecule has 0 bridgehead atoms. The minimum atomic E-state index is -4.47. The number of alkyl halides is 3. The summed E-state index contributed by atoms with van der Waals surface area (Å²) in [6.45, 7) is 2.99. The smallest absolute Gasteiger partial charge is 0.416 e. The third kappa shape index (κ3) is 5.25. The number of carbonyl (C=O) groups excluding carboxylic acids is 1. The first kappa shape index (κ1) is 18.9. The number of carbonyl (C=O) groups is 1. The van der Waals surface area contributed by atoms with Crippen molar-refractivity contribution in [3.63, 3.8) is 0 Å². The number of rotatable bonds is 6. The molecule has 0 radical (unpaired) electrons. The third-order valence-electron chi connectivity index (χ3n) is 3.39. The summed E-state index contributed by atoms with van der Waals surface area (Å²) >= 11 is 0. The highest BCUT2D eigenvalue weighted by Gasteiger charge is 2.30. The van der Waals surface area contributed by atoms with E-state index in [0.29, 0.717) is 17.1 Å². The van der Waals surface area contributed by atoms with E-state index in [1.165, 1.54) is 12.1 Å². The van der Waals surface area contributed by atoms with Gasteiger partial charge >= 0.3 is 6.18 Å². The van der Waals surface area contributed by atoms with E-state index in [9.17, 15) is 23.1 Å². The molecule has 0 saturated carbocycles. The van der Waals surface area contributed by atoms with Crippen molar-refractivity contribution in [3.05, 3.63) is 53.0 Å². The standard InChI is InChI=1S/C17H18F3NO4/c1-10-6-15(11(2)25-10)16(23)21-8-13(22)9-24-14-5-3-4-12(7-14)17(18,19)20/h3-7,13,22H,8-9H2,1-2H3,(H,21,23)/t13-/m1/s1. The van der Waals surface area contributed by atoms with E-state index in [0.717, 1.165) is 12.1 Å². The van der Waals surface area contributed by atoms with Crippen molar-refractivity contribution in [3.8, 4) is 5.75 Å². The van der Waals surface area contributed by atoms with Gasteiger partial charge in [-0.3, -0.25) is 4.79 Å². The summed E-state index contributed by atoms with van der Waals surface area (Å²) in [5, 5.41) is 12.3. The van der Waals surface area contributed by atoms with Crippen molar-refractivity contribution < 1.29 is 32.2 Å². The molecule has 2 aromatic rings. The quantitative estimate of drug-likeness (QED) is 0.833. The Balaban J connectivity index is 1.84. The van der Waals surface area contributed by atoms with Gasteiger partial charge in [0.15, 0.2) is 0 Å². The second kappa shape index (κ2) is 7.60. The van der Waals surface area contributed by atoms with Gasteiger partial charge in [0.25, 0.3) is 5.91 Å². The van der Waals surface area contributed by atoms with Gasteiger partial charge in [0.2, 0.25) is 0 Å². The van der Waals surface area contributed by atoms with Crippen LogP contribution in [0.2, 0.25) is 0 Å². The van der Waals surface area contributed by atoms with Gasteiger partial charge in [-0.15, -0.1) is 0 Å². The highest BCUT2D eigenvalue weighted by Crippen LogP contribution is 2.31. The van der Waals surface area contributed by atoms with E-state index in [1.807, 2.05) is 0 Å². The monoisotopic (exact) mass is 357 g/mol. The number of aliphatic hydroxyl groups is 1. The average Bonchev–Trinajstić information content (AvgIpc) is 2.88. The highest BCUT2D eigenvalue weighted by atomic mass is 19.4. The van der Waals surface area contributed by atoms with Crippen molar-refractivity contribution in [1.82, 2.24) is 5.32 Å². The second-order valence-corrected chi connectivity index (χ2v) is 5.53. The number of aryl methyl sites for hydroxylation is 2. The fraction of sp³-hybridized carbons (Fsp3) is 0.353. The predicted octanol–water partition coefficient (Wildman–Crippen LogP) is 3.08. The Bertz CT molecular complexity index is 740. The Hall–Kier alpha value is -2.48. The van der Waals surface area contributed by atoms with E-state index >= 15 is 0 Å². The number of amides is 1. The fourth-order valence-electron chi connectivity index (χ4n) is 2.18.